The van der Waals surface area contributed by atoms with E-state index in [9.17, 15) is 23.1 Å². The molecule has 0 saturated carbocycles. The monoisotopic (exact) mass is 607 g/mol. The Morgan fingerprint density at radius 2 is 1.84 bits per heavy atom. The fourth-order valence-corrected chi connectivity index (χ4v) is 6.10. The Kier molecular flexibility index (Phi) is 7.66. The van der Waals surface area contributed by atoms with E-state index in [0.29, 0.717) is 56.0 Å². The first-order chi connectivity index (χ1) is 21.0. The van der Waals surface area contributed by atoms with Crippen molar-refractivity contribution in [1.82, 2.24) is 25.1 Å². The number of hydrogen-bond acceptors (Lipinski definition) is 8. The number of carboxylic acid groups (broad SMARTS) is 1. The number of halogens is 3. The summed E-state index contributed by atoms with van der Waals surface area (Å²) < 4.78 is 51.6. The summed E-state index contributed by atoms with van der Waals surface area (Å²) in [5.74, 6) is -1.04. The first-order valence-corrected chi connectivity index (χ1v) is 14.3. The lowest BCUT2D eigenvalue weighted by atomic mass is 9.76. The molecule has 1 spiro atoms. The van der Waals surface area contributed by atoms with E-state index in [-0.39, 0.29) is 28.5 Å². The van der Waals surface area contributed by atoms with Crippen molar-refractivity contribution in [1.29, 1.82) is 0 Å². The summed E-state index contributed by atoms with van der Waals surface area (Å²) in [5.41, 5.74) is 7.90. The van der Waals surface area contributed by atoms with Crippen LogP contribution in [-0.2, 0) is 4.79 Å². The molecule has 2 aromatic carbocycles. The molecule has 44 heavy (non-hydrogen) atoms. The molecule has 4 N–H and O–H groups in total. The van der Waals surface area contributed by atoms with E-state index in [4.69, 9.17) is 10.5 Å². The van der Waals surface area contributed by atoms with Crippen molar-refractivity contribution >= 4 is 17.7 Å². The van der Waals surface area contributed by atoms with Gasteiger partial charge < -0.3 is 25.8 Å². The molecule has 4 heterocycles. The highest BCUT2D eigenvalue weighted by Gasteiger charge is 2.46. The van der Waals surface area contributed by atoms with Crippen molar-refractivity contribution in [3.63, 3.8) is 0 Å². The van der Waals surface area contributed by atoms with E-state index < -0.39 is 24.3 Å². The van der Waals surface area contributed by atoms with Crippen molar-refractivity contribution in [2.24, 2.45) is 5.41 Å². The number of piperidine rings is 1. The smallest absolute Gasteiger partial charge is 0.429 e. The minimum Gasteiger partial charge on any atom is -0.480 e. The van der Waals surface area contributed by atoms with Crippen molar-refractivity contribution in [3.8, 4) is 22.7 Å². The van der Waals surface area contributed by atoms with Gasteiger partial charge >= 0.3 is 12.1 Å². The van der Waals surface area contributed by atoms with Crippen LogP contribution in [0, 0.1) is 12.3 Å². The zero-order valence-corrected chi connectivity index (χ0v) is 24.0. The number of carbonyl (C=O) groups is 1. The summed E-state index contributed by atoms with van der Waals surface area (Å²) in [6.45, 7) is 3.43. The summed E-state index contributed by atoms with van der Waals surface area (Å²) in [4.78, 5) is 21.7. The van der Waals surface area contributed by atoms with Crippen molar-refractivity contribution in [3.05, 3.63) is 78.1 Å². The van der Waals surface area contributed by atoms with Crippen molar-refractivity contribution < 1.29 is 27.8 Å². The summed E-state index contributed by atoms with van der Waals surface area (Å²) in [6, 6.07) is 16.4. The molecule has 2 aliphatic heterocycles. The van der Waals surface area contributed by atoms with Crippen LogP contribution in [0.5, 0.6) is 5.88 Å². The third-order valence-electron chi connectivity index (χ3n) is 8.44. The molecule has 230 valence electrons. The lowest BCUT2D eigenvalue weighted by Gasteiger charge is -2.39. The molecule has 0 bridgehead atoms. The van der Waals surface area contributed by atoms with Crippen LogP contribution >= 0.6 is 0 Å². The Morgan fingerprint density at radius 1 is 1.09 bits per heavy atom. The van der Waals surface area contributed by atoms with Gasteiger partial charge in [0.1, 0.15) is 11.9 Å². The molecule has 2 saturated heterocycles. The second-order valence-electron chi connectivity index (χ2n) is 11.5. The summed E-state index contributed by atoms with van der Waals surface area (Å²) >= 11 is 0. The third-order valence-corrected chi connectivity index (χ3v) is 8.44. The van der Waals surface area contributed by atoms with E-state index in [2.05, 4.69) is 20.4 Å². The maximum absolute atomic E-state index is 14.9. The number of hydrogen-bond donors (Lipinski definition) is 3. The third kappa shape index (κ3) is 6.05. The molecular formula is C31H32F3N7O3. The van der Waals surface area contributed by atoms with E-state index in [1.54, 1.807) is 31.3 Å². The van der Waals surface area contributed by atoms with Gasteiger partial charge in [-0.2, -0.15) is 28.2 Å². The number of aliphatic carboxylic acids is 1. The van der Waals surface area contributed by atoms with Crippen LogP contribution in [0.4, 0.5) is 24.9 Å². The number of aryl methyl sites for hydroxylation is 1. The molecule has 2 aliphatic rings. The Morgan fingerprint density at radius 3 is 2.48 bits per heavy atom. The number of nitrogens with two attached hydrogens (primary N) is 1. The van der Waals surface area contributed by atoms with Gasteiger partial charge in [0.15, 0.2) is 0 Å². The maximum Gasteiger partial charge on any atom is 0.429 e. The number of benzene rings is 2. The topological polar surface area (TPSA) is 131 Å². The van der Waals surface area contributed by atoms with Crippen LogP contribution in [0.25, 0.3) is 16.8 Å². The van der Waals surface area contributed by atoms with E-state index in [1.807, 2.05) is 35.2 Å². The number of alkyl halides is 3. The number of nitrogens with one attached hydrogen (secondary N) is 1. The number of ether oxygens (including phenoxy) is 1. The number of aromatic nitrogens is 4. The van der Waals surface area contributed by atoms with Crippen LogP contribution < -0.4 is 20.7 Å². The highest BCUT2D eigenvalue weighted by Crippen LogP contribution is 2.43. The van der Waals surface area contributed by atoms with Gasteiger partial charge in [0.25, 0.3) is 0 Å². The molecule has 6 rings (SSSR count). The average molecular weight is 608 g/mol. The second-order valence-corrected chi connectivity index (χ2v) is 11.5. The molecular weight excluding hydrogens is 575 g/mol. The van der Waals surface area contributed by atoms with Gasteiger partial charge in [-0.3, -0.25) is 4.79 Å². The largest absolute Gasteiger partial charge is 0.480 e. The number of anilines is 2. The Bertz CT molecular complexity index is 1650. The van der Waals surface area contributed by atoms with Crippen molar-refractivity contribution in [2.45, 2.75) is 44.5 Å². The molecule has 0 aliphatic carbocycles. The first kappa shape index (κ1) is 29.4. The van der Waals surface area contributed by atoms with Crippen LogP contribution in [0.1, 0.15) is 36.6 Å². The molecule has 0 amide bonds. The minimum atomic E-state index is -4.82. The summed E-state index contributed by atoms with van der Waals surface area (Å²) in [6.07, 6.45) is -3.67. The number of rotatable bonds is 7. The molecule has 13 heteroatoms. The Balaban J connectivity index is 1.31. The highest BCUT2D eigenvalue weighted by molar-refractivity contribution is 5.74. The summed E-state index contributed by atoms with van der Waals surface area (Å²) in [5, 5.41) is 16.8. The van der Waals surface area contributed by atoms with Gasteiger partial charge in [0, 0.05) is 37.5 Å². The zero-order valence-electron chi connectivity index (χ0n) is 24.0. The maximum atomic E-state index is 14.9. The molecule has 10 nitrogen and oxygen atoms in total. The fraction of sp³-hybridized carbons (Fsp3) is 0.355. The van der Waals surface area contributed by atoms with Gasteiger partial charge in [-0.25, -0.2) is 4.68 Å². The van der Waals surface area contributed by atoms with Crippen LogP contribution in [0.2, 0.25) is 0 Å². The first-order valence-electron chi connectivity index (χ1n) is 14.3. The lowest BCUT2D eigenvalue weighted by Crippen LogP contribution is -2.41. The van der Waals surface area contributed by atoms with Crippen molar-refractivity contribution in [2.75, 3.05) is 30.3 Å². The average Bonchev–Trinajstić information content (AvgIpc) is 3.62. The van der Waals surface area contributed by atoms with Gasteiger partial charge in [0.05, 0.1) is 11.4 Å². The van der Waals surface area contributed by atoms with E-state index in [1.165, 1.54) is 16.8 Å². The second kappa shape index (κ2) is 11.5. The minimum absolute atomic E-state index is 0.137. The lowest BCUT2D eigenvalue weighted by molar-refractivity contribution is -0.198. The Hall–Kier alpha value is -4.65. The molecule has 2 fully saturated rings. The standard InChI is InChI=1S/C31H32F3N7O3/c1-19-9-12-41(39-19)24-8-7-21(20-5-3-2-4-6-20)15-22(24)27(31(32,33)34)44-26-16-25(37-29(35)38-26)40-13-10-30(11-14-40)17-23(28(42)43)36-18-30/h2-9,12,15-16,23,27,36H,10-11,13-14,17-18H2,1H3,(H,42,43)(H2,35,37,38)/t23-,27+/m0/s1. The predicted octanol–water partition coefficient (Wildman–Crippen LogP) is 4.94. The molecule has 4 aromatic rings. The summed E-state index contributed by atoms with van der Waals surface area (Å²) in [7, 11) is 0. The fourth-order valence-electron chi connectivity index (χ4n) is 6.10. The van der Waals surface area contributed by atoms with Gasteiger partial charge in [-0.05, 0) is 60.9 Å². The van der Waals surface area contributed by atoms with Gasteiger partial charge in [-0.1, -0.05) is 36.4 Å². The molecule has 2 aromatic heterocycles. The van der Waals surface area contributed by atoms with Gasteiger partial charge in [0.2, 0.25) is 17.9 Å². The predicted molar refractivity (Wildman–Crippen MR) is 158 cm³/mol. The highest BCUT2D eigenvalue weighted by atomic mass is 19.4. The van der Waals surface area contributed by atoms with Crippen LogP contribution in [0.15, 0.2) is 66.9 Å². The number of nitrogens with zero attached hydrogens (tertiary/aromatic N) is 5. The van der Waals surface area contributed by atoms with Gasteiger partial charge in [-0.15, -0.1) is 0 Å². The molecule has 0 unspecified atom stereocenters. The zero-order chi connectivity index (χ0) is 31.1. The SMILES string of the molecule is Cc1ccn(-c2ccc(-c3ccccc3)cc2[C@@H](Oc2cc(N3CCC4(CC3)CN[C@H](C(=O)O)C4)nc(N)n2)C(F)(F)F)n1. The Labute approximate surface area is 251 Å². The van der Waals surface area contributed by atoms with Crippen LogP contribution in [-0.4, -0.2) is 62.7 Å². The number of nitrogen functional groups attached to an aromatic ring is 1. The number of carboxylic acids is 1. The molecule has 0 radical (unpaired) electrons. The quantitative estimate of drug-likeness (QED) is 0.268. The van der Waals surface area contributed by atoms with E-state index in [0.717, 1.165) is 5.56 Å². The molecule has 2 atom stereocenters. The van der Waals surface area contributed by atoms with E-state index >= 15 is 0 Å². The normalized spacial score (nSPS) is 18.8. The van der Waals surface area contributed by atoms with Crippen LogP contribution in [0.3, 0.4) is 0 Å².